The van der Waals surface area contributed by atoms with Gasteiger partial charge in [-0.1, -0.05) is 61.0 Å². The van der Waals surface area contributed by atoms with Crippen molar-refractivity contribution in [2.45, 2.75) is 53.3 Å². The summed E-state index contributed by atoms with van der Waals surface area (Å²) >= 11 is 0. The second-order valence-corrected chi connectivity index (χ2v) is 8.64. The summed E-state index contributed by atoms with van der Waals surface area (Å²) in [4.78, 5) is 0. The Morgan fingerprint density at radius 1 is 1.00 bits per heavy atom. The molecular formula is C27H30FN5O. The summed E-state index contributed by atoms with van der Waals surface area (Å²) in [5.41, 5.74) is 7.46. The first-order valence-electron chi connectivity index (χ1n) is 11.5. The van der Waals surface area contributed by atoms with Crippen LogP contribution in [0.5, 0.6) is 0 Å². The summed E-state index contributed by atoms with van der Waals surface area (Å²) in [5, 5.41) is 25.6. The molecule has 7 heteroatoms. The number of aromatic nitrogens is 4. The molecule has 1 unspecified atom stereocenters. The van der Waals surface area contributed by atoms with E-state index in [2.05, 4.69) is 33.8 Å². The molecular weight excluding hydrogens is 429 g/mol. The molecule has 0 aliphatic carbocycles. The largest absolute Gasteiger partial charge is 0.392 e. The van der Waals surface area contributed by atoms with E-state index in [4.69, 9.17) is 0 Å². The predicted octanol–water partition coefficient (Wildman–Crippen LogP) is 4.66. The van der Waals surface area contributed by atoms with E-state index in [-0.39, 0.29) is 12.4 Å². The van der Waals surface area contributed by atoms with Crippen LogP contribution in [-0.2, 0) is 19.6 Å². The average molecular weight is 460 g/mol. The summed E-state index contributed by atoms with van der Waals surface area (Å²) < 4.78 is 16.8. The average Bonchev–Trinajstić information content (AvgIpc) is 3.30. The SMILES string of the molecule is CCc1cccc(C)c1-n1nnnc1C(NCc1ccc(CO)c(C)c1)c1cc(C)ccc1F. The number of aliphatic hydroxyl groups is 1. The summed E-state index contributed by atoms with van der Waals surface area (Å²) in [6.07, 6.45) is 0.823. The van der Waals surface area contributed by atoms with E-state index in [0.717, 1.165) is 45.5 Å². The van der Waals surface area contributed by atoms with Crippen LogP contribution in [0.25, 0.3) is 5.69 Å². The molecule has 0 radical (unpaired) electrons. The number of para-hydroxylation sites is 1. The third-order valence-electron chi connectivity index (χ3n) is 6.22. The Labute approximate surface area is 199 Å². The summed E-state index contributed by atoms with van der Waals surface area (Å²) in [7, 11) is 0. The van der Waals surface area contributed by atoms with Crippen molar-refractivity contribution in [3.63, 3.8) is 0 Å². The number of hydrogen-bond donors (Lipinski definition) is 2. The maximum absolute atomic E-state index is 15.1. The molecule has 6 nitrogen and oxygen atoms in total. The maximum Gasteiger partial charge on any atom is 0.178 e. The van der Waals surface area contributed by atoms with Crippen LogP contribution in [0.1, 0.15) is 57.7 Å². The molecule has 1 atom stereocenters. The number of aryl methyl sites for hydroxylation is 4. The van der Waals surface area contributed by atoms with Crippen molar-refractivity contribution < 1.29 is 9.50 Å². The zero-order valence-corrected chi connectivity index (χ0v) is 20.0. The van der Waals surface area contributed by atoms with E-state index in [1.54, 1.807) is 10.7 Å². The van der Waals surface area contributed by atoms with Crippen LogP contribution in [0, 0.1) is 26.6 Å². The van der Waals surface area contributed by atoms with Gasteiger partial charge in [-0.05, 0) is 71.5 Å². The van der Waals surface area contributed by atoms with Crippen LogP contribution >= 0.6 is 0 Å². The lowest BCUT2D eigenvalue weighted by Crippen LogP contribution is -2.27. The fraction of sp³-hybridized carbons (Fsp3) is 0.296. The lowest BCUT2D eigenvalue weighted by atomic mass is 10.0. The van der Waals surface area contributed by atoms with Crippen molar-refractivity contribution in [1.82, 2.24) is 25.5 Å². The highest BCUT2D eigenvalue weighted by molar-refractivity contribution is 5.48. The van der Waals surface area contributed by atoms with Gasteiger partial charge in [0.2, 0.25) is 0 Å². The lowest BCUT2D eigenvalue weighted by Gasteiger charge is -2.21. The number of hydrogen-bond acceptors (Lipinski definition) is 5. The number of aliphatic hydroxyl groups excluding tert-OH is 1. The van der Waals surface area contributed by atoms with E-state index >= 15 is 4.39 Å². The van der Waals surface area contributed by atoms with Gasteiger partial charge in [-0.3, -0.25) is 5.32 Å². The molecule has 2 N–H and O–H groups in total. The second-order valence-electron chi connectivity index (χ2n) is 8.64. The van der Waals surface area contributed by atoms with Crippen molar-refractivity contribution in [2.75, 3.05) is 0 Å². The van der Waals surface area contributed by atoms with Crippen LogP contribution in [0.15, 0.2) is 54.6 Å². The predicted molar refractivity (Wildman–Crippen MR) is 130 cm³/mol. The molecule has 34 heavy (non-hydrogen) atoms. The molecule has 0 aliphatic heterocycles. The highest BCUT2D eigenvalue weighted by Gasteiger charge is 2.26. The summed E-state index contributed by atoms with van der Waals surface area (Å²) in [5.74, 6) is 0.210. The number of nitrogens with one attached hydrogen (secondary N) is 1. The van der Waals surface area contributed by atoms with Gasteiger partial charge in [-0.15, -0.1) is 5.10 Å². The van der Waals surface area contributed by atoms with E-state index < -0.39 is 6.04 Å². The fourth-order valence-corrected chi connectivity index (χ4v) is 4.33. The first-order chi connectivity index (χ1) is 16.4. The number of benzene rings is 3. The Balaban J connectivity index is 1.79. The number of nitrogens with zero attached hydrogens (tertiary/aromatic N) is 4. The third-order valence-corrected chi connectivity index (χ3v) is 6.22. The standard InChI is InChI=1S/C27H30FN5O/c1-5-21-8-6-7-18(3)26(21)33-27(30-31-32-33)25(23-13-17(2)9-12-24(23)28)29-15-20-10-11-22(16-34)19(4)14-20/h6-14,25,29,34H,5,15-16H2,1-4H3. The molecule has 0 saturated heterocycles. The Bertz CT molecular complexity index is 1300. The van der Waals surface area contributed by atoms with Crippen molar-refractivity contribution >= 4 is 0 Å². The molecule has 0 aliphatic rings. The Hall–Kier alpha value is -3.42. The first-order valence-corrected chi connectivity index (χ1v) is 11.5. The van der Waals surface area contributed by atoms with Crippen LogP contribution in [-0.4, -0.2) is 25.3 Å². The van der Waals surface area contributed by atoms with Crippen molar-refractivity contribution in [1.29, 1.82) is 0 Å². The fourth-order valence-electron chi connectivity index (χ4n) is 4.33. The minimum atomic E-state index is -0.572. The molecule has 0 fully saturated rings. The van der Waals surface area contributed by atoms with Gasteiger partial charge in [0, 0.05) is 12.1 Å². The second kappa shape index (κ2) is 10.2. The van der Waals surface area contributed by atoms with E-state index in [0.29, 0.717) is 17.9 Å². The first kappa shape index (κ1) is 23.7. The lowest BCUT2D eigenvalue weighted by molar-refractivity contribution is 0.281. The van der Waals surface area contributed by atoms with Crippen LogP contribution < -0.4 is 5.32 Å². The van der Waals surface area contributed by atoms with Gasteiger partial charge in [-0.2, -0.15) is 4.68 Å². The highest BCUT2D eigenvalue weighted by atomic mass is 19.1. The molecule has 0 amide bonds. The molecule has 176 valence electrons. The summed E-state index contributed by atoms with van der Waals surface area (Å²) in [6.45, 7) is 8.51. The zero-order chi connectivity index (χ0) is 24.2. The molecule has 0 bridgehead atoms. The smallest absolute Gasteiger partial charge is 0.178 e. The van der Waals surface area contributed by atoms with Crippen LogP contribution in [0.4, 0.5) is 4.39 Å². The van der Waals surface area contributed by atoms with Gasteiger partial charge in [0.25, 0.3) is 0 Å². The zero-order valence-electron chi connectivity index (χ0n) is 20.0. The van der Waals surface area contributed by atoms with Gasteiger partial charge >= 0.3 is 0 Å². The highest BCUT2D eigenvalue weighted by Crippen LogP contribution is 2.28. The van der Waals surface area contributed by atoms with Crippen molar-refractivity contribution in [2.24, 2.45) is 0 Å². The van der Waals surface area contributed by atoms with Gasteiger partial charge in [0.15, 0.2) is 5.82 Å². The normalized spacial score (nSPS) is 12.2. The number of tetrazole rings is 1. The van der Waals surface area contributed by atoms with E-state index in [9.17, 15) is 5.11 Å². The molecule has 0 spiro atoms. The van der Waals surface area contributed by atoms with Gasteiger partial charge in [0.05, 0.1) is 18.3 Å². The third kappa shape index (κ3) is 4.76. The quantitative estimate of drug-likeness (QED) is 0.401. The maximum atomic E-state index is 15.1. The van der Waals surface area contributed by atoms with Gasteiger partial charge < -0.3 is 5.11 Å². The van der Waals surface area contributed by atoms with E-state index in [1.165, 1.54) is 6.07 Å². The molecule has 3 aromatic carbocycles. The van der Waals surface area contributed by atoms with E-state index in [1.807, 2.05) is 57.2 Å². The minimum Gasteiger partial charge on any atom is -0.392 e. The Kier molecular flexibility index (Phi) is 7.14. The Morgan fingerprint density at radius 2 is 1.82 bits per heavy atom. The Morgan fingerprint density at radius 3 is 2.56 bits per heavy atom. The van der Waals surface area contributed by atoms with Crippen LogP contribution in [0.2, 0.25) is 0 Å². The molecule has 4 rings (SSSR count). The number of rotatable bonds is 8. The minimum absolute atomic E-state index is 0.00162. The molecule has 4 aromatic rings. The summed E-state index contributed by atoms with van der Waals surface area (Å²) in [6, 6.07) is 16.5. The monoisotopic (exact) mass is 459 g/mol. The topological polar surface area (TPSA) is 75.9 Å². The molecule has 0 saturated carbocycles. The van der Waals surface area contributed by atoms with Gasteiger partial charge in [-0.25, -0.2) is 4.39 Å². The molecule has 1 heterocycles. The number of halogens is 1. The van der Waals surface area contributed by atoms with Crippen LogP contribution in [0.3, 0.4) is 0 Å². The van der Waals surface area contributed by atoms with Gasteiger partial charge in [0.1, 0.15) is 5.82 Å². The van der Waals surface area contributed by atoms with Crippen molar-refractivity contribution in [3.05, 3.63) is 105 Å². The molecule has 1 aromatic heterocycles. The van der Waals surface area contributed by atoms with Crippen molar-refractivity contribution in [3.8, 4) is 5.69 Å².